The van der Waals surface area contributed by atoms with E-state index < -0.39 is 28.8 Å². The smallest absolute Gasteiger partial charge is 0.324 e. The van der Waals surface area contributed by atoms with Crippen molar-refractivity contribution in [2.45, 2.75) is 19.9 Å². The van der Waals surface area contributed by atoms with Crippen LogP contribution >= 0.6 is 0 Å². The minimum atomic E-state index is -1.51. The summed E-state index contributed by atoms with van der Waals surface area (Å²) in [4.78, 5) is 26.0. The second-order valence-corrected chi connectivity index (χ2v) is 4.12. The average Bonchev–Trinajstić information content (AvgIpc) is 2.75. The van der Waals surface area contributed by atoms with Crippen molar-refractivity contribution >= 4 is 11.9 Å². The molecular weight excluding hydrogens is 214 g/mol. The maximum Gasteiger partial charge on any atom is 0.324 e. The summed E-state index contributed by atoms with van der Waals surface area (Å²) in [6.07, 6.45) is 0. The molecule has 0 aromatic rings. The monoisotopic (exact) mass is 227 g/mol. The van der Waals surface area contributed by atoms with E-state index >= 15 is 0 Å². The van der Waals surface area contributed by atoms with Crippen LogP contribution in [0.1, 0.15) is 13.8 Å². The van der Waals surface area contributed by atoms with Crippen LogP contribution in [0, 0.1) is 10.8 Å². The molecule has 0 N–H and O–H groups in total. The number of esters is 2. The number of carbonyl (C=O) groups is 2. The first-order valence-corrected chi connectivity index (χ1v) is 4.62. The largest absolute Gasteiger partial charge is 0.468 e. The van der Waals surface area contributed by atoms with Gasteiger partial charge in [0.25, 0.3) is 0 Å². The normalized spacial score (nSPS) is 23.9. The molecule has 0 aliphatic heterocycles. The first kappa shape index (κ1) is 12.3. The number of nitrogens with zero attached hydrogens (tertiary/aromatic N) is 3. The third kappa shape index (κ3) is 1.18. The second-order valence-electron chi connectivity index (χ2n) is 4.12. The Morgan fingerprint density at radius 2 is 1.69 bits per heavy atom. The molecule has 7 heteroatoms. The van der Waals surface area contributed by atoms with Crippen molar-refractivity contribution in [2.24, 2.45) is 15.9 Å². The van der Waals surface area contributed by atoms with Crippen molar-refractivity contribution in [3.05, 3.63) is 10.4 Å². The molecule has 0 aromatic heterocycles. The number of ether oxygens (including phenoxy) is 2. The highest BCUT2D eigenvalue weighted by molar-refractivity contribution is 6.06. The Labute approximate surface area is 92.3 Å². The summed E-state index contributed by atoms with van der Waals surface area (Å²) >= 11 is 0. The van der Waals surface area contributed by atoms with Crippen LogP contribution in [0.4, 0.5) is 0 Å². The molecule has 0 saturated heterocycles. The van der Waals surface area contributed by atoms with E-state index in [1.54, 1.807) is 13.8 Å². The third-order valence-electron chi connectivity index (χ3n) is 3.21. The standard InChI is InChI=1S/C9H13N3O4/c1-8(2)5(11-12-10)9(8,6(13)15-3)7(14)16-4/h5H,1-4H3. The quantitative estimate of drug-likeness (QED) is 0.236. The molecule has 1 saturated carbocycles. The van der Waals surface area contributed by atoms with Crippen molar-refractivity contribution in [1.29, 1.82) is 0 Å². The summed E-state index contributed by atoms with van der Waals surface area (Å²) in [5.74, 6) is -1.47. The molecule has 1 aliphatic rings. The summed E-state index contributed by atoms with van der Waals surface area (Å²) in [6.45, 7) is 3.31. The molecule has 1 rings (SSSR count). The first-order valence-electron chi connectivity index (χ1n) is 4.62. The van der Waals surface area contributed by atoms with Crippen molar-refractivity contribution in [3.63, 3.8) is 0 Å². The Hall–Kier alpha value is -1.75. The van der Waals surface area contributed by atoms with Crippen molar-refractivity contribution in [1.82, 2.24) is 0 Å². The molecule has 88 valence electrons. The maximum atomic E-state index is 11.7. The maximum absolute atomic E-state index is 11.7. The fourth-order valence-corrected chi connectivity index (χ4v) is 2.17. The Morgan fingerprint density at radius 1 is 1.25 bits per heavy atom. The summed E-state index contributed by atoms with van der Waals surface area (Å²) < 4.78 is 9.18. The molecule has 0 spiro atoms. The summed E-state index contributed by atoms with van der Waals surface area (Å²) in [5, 5.41) is 3.46. The van der Waals surface area contributed by atoms with Gasteiger partial charge in [-0.15, -0.1) is 0 Å². The number of rotatable bonds is 3. The molecule has 1 atom stereocenters. The first-order chi connectivity index (χ1) is 7.41. The Balaban J connectivity index is 3.24. The molecule has 0 amide bonds. The van der Waals surface area contributed by atoms with E-state index in [2.05, 4.69) is 19.5 Å². The molecule has 1 fully saturated rings. The zero-order valence-corrected chi connectivity index (χ0v) is 9.55. The highest BCUT2D eigenvalue weighted by Gasteiger charge is 2.81. The van der Waals surface area contributed by atoms with Crippen LogP contribution in [-0.4, -0.2) is 32.2 Å². The molecule has 0 bridgehead atoms. The summed E-state index contributed by atoms with van der Waals surface area (Å²) in [5.41, 5.74) is 6.10. The Bertz CT molecular complexity index is 368. The van der Waals surface area contributed by atoms with Crippen LogP contribution in [0.2, 0.25) is 0 Å². The molecule has 0 heterocycles. The fraction of sp³-hybridized carbons (Fsp3) is 0.778. The number of hydrogen-bond acceptors (Lipinski definition) is 5. The van der Waals surface area contributed by atoms with E-state index in [0.717, 1.165) is 0 Å². The van der Waals surface area contributed by atoms with Gasteiger partial charge in [-0.25, -0.2) is 0 Å². The average molecular weight is 227 g/mol. The predicted octanol–water partition coefficient (Wildman–Crippen LogP) is 1.04. The second kappa shape index (κ2) is 3.68. The van der Waals surface area contributed by atoms with Crippen LogP contribution in [0.15, 0.2) is 5.11 Å². The zero-order valence-electron chi connectivity index (χ0n) is 9.55. The van der Waals surface area contributed by atoms with Gasteiger partial charge in [-0.05, 0) is 5.53 Å². The van der Waals surface area contributed by atoms with Gasteiger partial charge in [0, 0.05) is 10.3 Å². The highest BCUT2D eigenvalue weighted by atomic mass is 16.5. The van der Waals surface area contributed by atoms with Crippen LogP contribution in [0.3, 0.4) is 0 Å². The van der Waals surface area contributed by atoms with Crippen LogP contribution in [-0.2, 0) is 19.1 Å². The van der Waals surface area contributed by atoms with Crippen LogP contribution in [0.25, 0.3) is 10.4 Å². The predicted molar refractivity (Wildman–Crippen MR) is 53.2 cm³/mol. The van der Waals surface area contributed by atoms with Gasteiger partial charge in [-0.2, -0.15) is 0 Å². The van der Waals surface area contributed by atoms with Gasteiger partial charge >= 0.3 is 11.9 Å². The Kier molecular flexibility index (Phi) is 2.83. The summed E-state index contributed by atoms with van der Waals surface area (Å²) in [6, 6.07) is -0.773. The fourth-order valence-electron chi connectivity index (χ4n) is 2.17. The van der Waals surface area contributed by atoms with E-state index in [9.17, 15) is 9.59 Å². The van der Waals surface area contributed by atoms with E-state index in [1.165, 1.54) is 14.2 Å². The molecule has 1 aliphatic carbocycles. The van der Waals surface area contributed by atoms with Gasteiger partial charge in [0.1, 0.15) is 0 Å². The van der Waals surface area contributed by atoms with E-state index in [0.29, 0.717) is 0 Å². The number of methoxy groups -OCH3 is 2. The van der Waals surface area contributed by atoms with Crippen molar-refractivity contribution < 1.29 is 19.1 Å². The van der Waals surface area contributed by atoms with Crippen LogP contribution < -0.4 is 0 Å². The Morgan fingerprint density at radius 3 is 2.00 bits per heavy atom. The molecule has 1 unspecified atom stereocenters. The molecule has 0 aromatic carbocycles. The van der Waals surface area contributed by atoms with Gasteiger partial charge in [-0.3, -0.25) is 9.59 Å². The van der Waals surface area contributed by atoms with E-state index in [-0.39, 0.29) is 0 Å². The number of azide groups is 1. The van der Waals surface area contributed by atoms with Crippen molar-refractivity contribution in [2.75, 3.05) is 14.2 Å². The lowest BCUT2D eigenvalue weighted by Gasteiger charge is -2.14. The van der Waals surface area contributed by atoms with E-state index in [4.69, 9.17) is 5.53 Å². The van der Waals surface area contributed by atoms with Gasteiger partial charge in [-0.1, -0.05) is 19.0 Å². The molecular formula is C9H13N3O4. The molecule has 16 heavy (non-hydrogen) atoms. The molecule has 7 nitrogen and oxygen atoms in total. The van der Waals surface area contributed by atoms with Gasteiger partial charge in [0.2, 0.25) is 0 Å². The number of hydrogen-bond donors (Lipinski definition) is 0. The SMILES string of the molecule is COC(=O)C1(C(=O)OC)C(N=[N+]=[N-])C1(C)C. The topological polar surface area (TPSA) is 101 Å². The minimum Gasteiger partial charge on any atom is -0.468 e. The van der Waals surface area contributed by atoms with Gasteiger partial charge in [0.15, 0.2) is 5.41 Å². The minimum absolute atomic E-state index is 0.734. The van der Waals surface area contributed by atoms with Gasteiger partial charge < -0.3 is 9.47 Å². The zero-order chi connectivity index (χ0) is 12.6. The lowest BCUT2D eigenvalue weighted by atomic mass is 9.96. The number of carbonyl (C=O) groups excluding carboxylic acids is 2. The van der Waals surface area contributed by atoms with Gasteiger partial charge in [0.05, 0.1) is 20.3 Å². The lowest BCUT2D eigenvalue weighted by molar-refractivity contribution is -0.163. The summed E-state index contributed by atoms with van der Waals surface area (Å²) in [7, 11) is 2.35. The van der Waals surface area contributed by atoms with Crippen LogP contribution in [0.5, 0.6) is 0 Å². The van der Waals surface area contributed by atoms with E-state index in [1.807, 2.05) is 0 Å². The third-order valence-corrected chi connectivity index (χ3v) is 3.21. The molecule has 0 radical (unpaired) electrons. The van der Waals surface area contributed by atoms with Crippen molar-refractivity contribution in [3.8, 4) is 0 Å². The lowest BCUT2D eigenvalue weighted by Crippen LogP contribution is -2.34. The highest BCUT2D eigenvalue weighted by Crippen LogP contribution is 2.66.